The van der Waals surface area contributed by atoms with Crippen molar-refractivity contribution in [3.63, 3.8) is 0 Å². The average molecular weight is 330 g/mol. The number of aliphatic hydroxyl groups is 1. The van der Waals surface area contributed by atoms with Crippen LogP contribution in [0, 0.1) is 52.8 Å². The molecular weight excluding hydrogens is 311 g/mol. The summed E-state index contributed by atoms with van der Waals surface area (Å²) in [5.41, 5.74) is 0.129. The SMILES string of the molecule is CCC(O)(C(C)=NC)C(C)C.[Yb]. The molecule has 0 radical (unpaired) electrons. The van der Waals surface area contributed by atoms with Crippen LogP contribution >= 0.6 is 0 Å². The second kappa shape index (κ2) is 6.58. The first-order chi connectivity index (χ1) is 4.99. The van der Waals surface area contributed by atoms with E-state index in [0.717, 1.165) is 12.1 Å². The Labute approximate surface area is 114 Å². The Hall–Kier alpha value is 1.15. The number of aliphatic imine (C=N–C) groups is 1. The molecule has 1 atom stereocenters. The van der Waals surface area contributed by atoms with Gasteiger partial charge in [-0.15, -0.1) is 0 Å². The summed E-state index contributed by atoms with van der Waals surface area (Å²) in [6, 6.07) is 0. The summed E-state index contributed by atoms with van der Waals surface area (Å²) in [4.78, 5) is 4.02. The zero-order valence-electron chi connectivity index (χ0n) is 8.45. The van der Waals surface area contributed by atoms with Crippen molar-refractivity contribution in [2.45, 2.75) is 39.7 Å². The van der Waals surface area contributed by atoms with Gasteiger partial charge >= 0.3 is 0 Å². The minimum absolute atomic E-state index is 0. The number of hydrogen-bond acceptors (Lipinski definition) is 2. The molecule has 2 nitrogen and oxygen atoms in total. The van der Waals surface area contributed by atoms with Gasteiger partial charge in [-0.1, -0.05) is 20.8 Å². The summed E-state index contributed by atoms with van der Waals surface area (Å²) >= 11 is 0. The topological polar surface area (TPSA) is 32.6 Å². The Morgan fingerprint density at radius 3 is 2.00 bits per heavy atom. The molecule has 0 rings (SSSR count). The molecule has 0 aliphatic rings. The van der Waals surface area contributed by atoms with Gasteiger partial charge in [0, 0.05) is 59.7 Å². The predicted octanol–water partition coefficient (Wildman–Crippen LogP) is 1.87. The molecule has 0 bridgehead atoms. The molecule has 1 unspecified atom stereocenters. The van der Waals surface area contributed by atoms with Crippen molar-refractivity contribution in [2.24, 2.45) is 10.9 Å². The van der Waals surface area contributed by atoms with Crippen molar-refractivity contribution < 1.29 is 52.0 Å². The maximum Gasteiger partial charge on any atom is 0.104 e. The zero-order valence-corrected chi connectivity index (χ0v) is 10.2. The Morgan fingerprint density at radius 1 is 1.50 bits per heavy atom. The average Bonchev–Trinajstić information content (AvgIpc) is 2.01. The summed E-state index contributed by atoms with van der Waals surface area (Å²) < 4.78 is 0. The normalized spacial score (nSPS) is 17.1. The van der Waals surface area contributed by atoms with Gasteiger partial charge in [0.2, 0.25) is 0 Å². The zero-order chi connectivity index (χ0) is 9.07. The first-order valence-corrected chi connectivity index (χ1v) is 4.15. The van der Waals surface area contributed by atoms with Crippen molar-refractivity contribution in [1.82, 2.24) is 0 Å². The summed E-state index contributed by atoms with van der Waals surface area (Å²) in [5.74, 6) is 0.233. The summed E-state index contributed by atoms with van der Waals surface area (Å²) in [6.45, 7) is 7.88. The van der Waals surface area contributed by atoms with Crippen LogP contribution in [0.1, 0.15) is 34.1 Å². The minimum Gasteiger partial charge on any atom is -0.384 e. The van der Waals surface area contributed by atoms with E-state index >= 15 is 0 Å². The summed E-state index contributed by atoms with van der Waals surface area (Å²) in [5, 5.41) is 10.0. The van der Waals surface area contributed by atoms with E-state index in [2.05, 4.69) is 4.99 Å². The van der Waals surface area contributed by atoms with Crippen molar-refractivity contribution in [1.29, 1.82) is 0 Å². The quantitative estimate of drug-likeness (QED) is 0.788. The van der Waals surface area contributed by atoms with Crippen LogP contribution < -0.4 is 0 Å². The molecule has 12 heavy (non-hydrogen) atoms. The Kier molecular flexibility index (Phi) is 8.56. The second-order valence-corrected chi connectivity index (χ2v) is 3.24. The molecule has 0 saturated carbocycles. The Morgan fingerprint density at radius 2 is 1.92 bits per heavy atom. The van der Waals surface area contributed by atoms with Gasteiger partial charge in [-0.25, -0.2) is 0 Å². The summed E-state index contributed by atoms with van der Waals surface area (Å²) in [7, 11) is 1.72. The summed E-state index contributed by atoms with van der Waals surface area (Å²) in [6.07, 6.45) is 0.730. The van der Waals surface area contributed by atoms with E-state index in [1.54, 1.807) is 7.05 Å². The van der Waals surface area contributed by atoms with E-state index in [0.29, 0.717) is 0 Å². The van der Waals surface area contributed by atoms with Gasteiger partial charge < -0.3 is 5.11 Å². The number of rotatable bonds is 3. The maximum atomic E-state index is 10.0. The fourth-order valence-corrected chi connectivity index (χ4v) is 1.28. The van der Waals surface area contributed by atoms with Gasteiger partial charge in [-0.05, 0) is 19.3 Å². The standard InChI is InChI=1S/C9H19NO.Yb/c1-6-9(11,7(2)3)8(4)10-5;/h7,11H,6H2,1-5H3;. The molecule has 0 aromatic carbocycles. The van der Waals surface area contributed by atoms with Gasteiger partial charge in [0.15, 0.2) is 0 Å². The molecule has 3 heteroatoms. The molecule has 0 aromatic heterocycles. The van der Waals surface area contributed by atoms with Crippen LogP contribution in [-0.4, -0.2) is 23.5 Å². The van der Waals surface area contributed by atoms with Crippen LogP contribution in [0.25, 0.3) is 0 Å². The van der Waals surface area contributed by atoms with E-state index in [9.17, 15) is 5.11 Å². The first-order valence-electron chi connectivity index (χ1n) is 4.15. The third-order valence-corrected chi connectivity index (χ3v) is 2.46. The smallest absolute Gasteiger partial charge is 0.104 e. The number of hydrogen-bond donors (Lipinski definition) is 1. The number of nitrogens with zero attached hydrogens (tertiary/aromatic N) is 1. The van der Waals surface area contributed by atoms with Crippen LogP contribution in [0.2, 0.25) is 0 Å². The van der Waals surface area contributed by atoms with Crippen molar-refractivity contribution in [3.8, 4) is 0 Å². The molecule has 1 N–H and O–H groups in total. The fourth-order valence-electron chi connectivity index (χ4n) is 1.28. The second-order valence-electron chi connectivity index (χ2n) is 3.24. The van der Waals surface area contributed by atoms with Crippen LogP contribution in [0.3, 0.4) is 0 Å². The van der Waals surface area contributed by atoms with E-state index in [1.165, 1.54) is 0 Å². The molecule has 0 fully saturated rings. The third-order valence-electron chi connectivity index (χ3n) is 2.46. The van der Waals surface area contributed by atoms with Crippen molar-refractivity contribution in [2.75, 3.05) is 7.05 Å². The van der Waals surface area contributed by atoms with Crippen molar-refractivity contribution in [3.05, 3.63) is 0 Å². The van der Waals surface area contributed by atoms with Crippen LogP contribution in [0.4, 0.5) is 0 Å². The van der Waals surface area contributed by atoms with Crippen LogP contribution in [0.5, 0.6) is 0 Å². The first kappa shape index (κ1) is 15.6. The van der Waals surface area contributed by atoms with E-state index < -0.39 is 5.60 Å². The molecular formula is C9H19NOYb. The maximum absolute atomic E-state index is 10.0. The molecule has 0 amide bonds. The molecule has 0 heterocycles. The van der Waals surface area contributed by atoms with Gasteiger partial charge in [-0.2, -0.15) is 0 Å². The van der Waals surface area contributed by atoms with Crippen LogP contribution in [0.15, 0.2) is 4.99 Å². The van der Waals surface area contributed by atoms with E-state index in [-0.39, 0.29) is 52.8 Å². The monoisotopic (exact) mass is 331 g/mol. The minimum atomic E-state index is -0.700. The van der Waals surface area contributed by atoms with Gasteiger partial charge in [0.05, 0.1) is 0 Å². The van der Waals surface area contributed by atoms with Gasteiger partial charge in [0.1, 0.15) is 5.60 Å². The predicted molar refractivity (Wildman–Crippen MR) is 49.1 cm³/mol. The molecule has 0 aliphatic carbocycles. The fraction of sp³-hybridized carbons (Fsp3) is 0.889. The van der Waals surface area contributed by atoms with Crippen LogP contribution in [-0.2, 0) is 0 Å². The molecule has 0 saturated heterocycles. The largest absolute Gasteiger partial charge is 0.384 e. The van der Waals surface area contributed by atoms with Gasteiger partial charge in [0.25, 0.3) is 0 Å². The van der Waals surface area contributed by atoms with E-state index in [1.807, 2.05) is 27.7 Å². The molecule has 0 aromatic rings. The van der Waals surface area contributed by atoms with Gasteiger partial charge in [-0.3, -0.25) is 4.99 Å². The van der Waals surface area contributed by atoms with Crippen molar-refractivity contribution >= 4 is 5.71 Å². The third kappa shape index (κ3) is 3.49. The van der Waals surface area contributed by atoms with E-state index in [4.69, 9.17) is 0 Å². The molecule has 80 valence electrons. The molecule has 0 spiro atoms. The Bertz CT molecular complexity index is 157. The molecule has 0 aliphatic heterocycles. The Balaban J connectivity index is 0.